The molecule has 2 aromatic rings. The molecular weight excluding hydrogens is 607 g/mol. The Balaban J connectivity index is 1.47. The van der Waals surface area contributed by atoms with Gasteiger partial charge in [-0.2, -0.15) is 0 Å². The van der Waals surface area contributed by atoms with E-state index in [1.807, 2.05) is 24.3 Å². The van der Waals surface area contributed by atoms with E-state index in [1.165, 1.54) is 7.11 Å². The molecule has 0 spiro atoms. The number of nitrogens with zero attached hydrogens (tertiary/aromatic N) is 2. The number of ether oxygens (including phenoxy) is 3. The summed E-state index contributed by atoms with van der Waals surface area (Å²) in [5.41, 5.74) is 1.55. The van der Waals surface area contributed by atoms with Crippen molar-refractivity contribution in [2.75, 3.05) is 40.0 Å². The van der Waals surface area contributed by atoms with Crippen molar-refractivity contribution >= 4 is 69.1 Å². The minimum Gasteiger partial charge on any atom is -0.493 e. The second-order valence-corrected chi connectivity index (χ2v) is 10.4. The van der Waals surface area contributed by atoms with Gasteiger partial charge in [0.25, 0.3) is 11.1 Å². The first-order valence-electron chi connectivity index (χ1n) is 10.7. The van der Waals surface area contributed by atoms with E-state index in [2.05, 4.69) is 22.6 Å². The highest BCUT2D eigenvalue weighted by atomic mass is 127. The lowest BCUT2D eigenvalue weighted by Gasteiger charge is -2.28. The molecule has 2 aromatic carbocycles. The Bertz CT molecular complexity index is 1170. The van der Waals surface area contributed by atoms with Crippen LogP contribution in [0.1, 0.15) is 11.1 Å². The molecule has 0 bridgehead atoms. The van der Waals surface area contributed by atoms with Gasteiger partial charge in [0.15, 0.2) is 11.5 Å². The number of thioether (sulfide) groups is 1. The fourth-order valence-electron chi connectivity index (χ4n) is 3.54. The van der Waals surface area contributed by atoms with E-state index < -0.39 is 11.1 Å². The highest BCUT2D eigenvalue weighted by Crippen LogP contribution is 2.39. The summed E-state index contributed by atoms with van der Waals surface area (Å²) in [6, 6.07) is 11.2. The van der Waals surface area contributed by atoms with Gasteiger partial charge in [0, 0.05) is 16.7 Å². The lowest BCUT2D eigenvalue weighted by molar-refractivity contribution is -0.139. The molecule has 35 heavy (non-hydrogen) atoms. The number of carbonyl (C=O) groups excluding carboxylic acids is 3. The van der Waals surface area contributed by atoms with Crippen LogP contribution in [0.25, 0.3) is 6.08 Å². The summed E-state index contributed by atoms with van der Waals surface area (Å²) in [4.78, 5) is 40.6. The third-order valence-electron chi connectivity index (χ3n) is 5.38. The van der Waals surface area contributed by atoms with Crippen molar-refractivity contribution in [2.24, 2.45) is 0 Å². The van der Waals surface area contributed by atoms with Gasteiger partial charge in [-0.05, 0) is 75.8 Å². The van der Waals surface area contributed by atoms with E-state index in [0.29, 0.717) is 55.0 Å². The summed E-state index contributed by atoms with van der Waals surface area (Å²) >= 11 is 9.49. The Labute approximate surface area is 225 Å². The van der Waals surface area contributed by atoms with E-state index in [-0.39, 0.29) is 17.4 Å². The Morgan fingerprint density at radius 2 is 1.91 bits per heavy atom. The summed E-state index contributed by atoms with van der Waals surface area (Å²) in [6.07, 6.45) is 1.56. The summed E-state index contributed by atoms with van der Waals surface area (Å²) in [5, 5.41) is -0.179. The molecule has 8 nitrogen and oxygen atoms in total. The van der Waals surface area contributed by atoms with E-state index in [9.17, 15) is 14.4 Å². The zero-order valence-corrected chi connectivity index (χ0v) is 22.5. The Morgan fingerprint density at radius 1 is 1.20 bits per heavy atom. The van der Waals surface area contributed by atoms with Gasteiger partial charge in [-0.3, -0.25) is 19.3 Å². The molecule has 11 heteroatoms. The fourth-order valence-corrected chi connectivity index (χ4v) is 5.01. The standard InChI is InChI=1S/C24H22ClIN2O6S/c1-32-19-11-16(10-18(25)22(19)34-14-15-2-4-17(26)5-3-15)12-20-23(30)28(24(31)35-20)13-21(29)27-6-8-33-9-7-27/h2-5,10-12H,6-9,13-14H2,1H3/b20-12+. The predicted octanol–water partition coefficient (Wildman–Crippen LogP) is 4.43. The largest absolute Gasteiger partial charge is 0.493 e. The first-order valence-corrected chi connectivity index (χ1v) is 13.0. The highest BCUT2D eigenvalue weighted by Gasteiger charge is 2.37. The van der Waals surface area contributed by atoms with E-state index in [4.69, 9.17) is 25.8 Å². The van der Waals surface area contributed by atoms with Gasteiger partial charge in [-0.25, -0.2) is 0 Å². The molecule has 4 rings (SSSR count). The van der Waals surface area contributed by atoms with Crippen LogP contribution in [0, 0.1) is 3.57 Å². The van der Waals surface area contributed by atoms with E-state index in [0.717, 1.165) is 25.8 Å². The summed E-state index contributed by atoms with van der Waals surface area (Å²) < 4.78 is 17.7. The molecule has 0 radical (unpaired) electrons. The van der Waals surface area contributed by atoms with E-state index >= 15 is 0 Å². The number of hydrogen-bond donors (Lipinski definition) is 0. The molecule has 2 saturated heterocycles. The zero-order valence-electron chi connectivity index (χ0n) is 18.8. The van der Waals surface area contributed by atoms with Crippen molar-refractivity contribution in [3.8, 4) is 11.5 Å². The second-order valence-electron chi connectivity index (χ2n) is 7.71. The topological polar surface area (TPSA) is 85.4 Å². The molecule has 0 N–H and O–H groups in total. The number of amides is 3. The van der Waals surface area contributed by atoms with Crippen molar-refractivity contribution in [1.29, 1.82) is 0 Å². The van der Waals surface area contributed by atoms with Crippen LogP contribution in [-0.2, 0) is 20.9 Å². The summed E-state index contributed by atoms with van der Waals surface area (Å²) in [7, 11) is 1.50. The van der Waals surface area contributed by atoms with Crippen molar-refractivity contribution < 1.29 is 28.6 Å². The average Bonchev–Trinajstić information content (AvgIpc) is 3.11. The van der Waals surface area contributed by atoms with Crippen molar-refractivity contribution in [1.82, 2.24) is 9.80 Å². The van der Waals surface area contributed by atoms with Crippen LogP contribution in [0.2, 0.25) is 5.02 Å². The molecule has 2 aliphatic rings. The summed E-state index contributed by atoms with van der Waals surface area (Å²) in [6.45, 7) is 1.79. The van der Waals surface area contributed by atoms with Gasteiger partial charge in [0.2, 0.25) is 5.91 Å². The van der Waals surface area contributed by atoms with Crippen LogP contribution in [-0.4, -0.2) is 66.8 Å². The number of methoxy groups -OCH3 is 1. The molecule has 0 aliphatic carbocycles. The molecule has 2 fully saturated rings. The minimum atomic E-state index is -0.518. The lowest BCUT2D eigenvalue weighted by Crippen LogP contribution is -2.46. The van der Waals surface area contributed by atoms with E-state index in [1.54, 1.807) is 23.1 Å². The van der Waals surface area contributed by atoms with Gasteiger partial charge < -0.3 is 19.1 Å². The maximum absolute atomic E-state index is 12.9. The van der Waals surface area contributed by atoms with Crippen molar-refractivity contribution in [3.63, 3.8) is 0 Å². The first kappa shape index (κ1) is 25.8. The molecule has 0 atom stereocenters. The maximum Gasteiger partial charge on any atom is 0.294 e. The smallest absolute Gasteiger partial charge is 0.294 e. The molecule has 0 unspecified atom stereocenters. The first-order chi connectivity index (χ1) is 16.9. The normalized spacial score (nSPS) is 17.3. The number of morpholine rings is 1. The van der Waals surface area contributed by atoms with Crippen LogP contribution >= 0.6 is 46.0 Å². The molecule has 0 aromatic heterocycles. The number of benzene rings is 2. The highest BCUT2D eigenvalue weighted by molar-refractivity contribution is 14.1. The Hall–Kier alpha value is -2.28. The number of halogens is 2. The monoisotopic (exact) mass is 628 g/mol. The maximum atomic E-state index is 12.9. The van der Waals surface area contributed by atoms with Gasteiger partial charge in [0.05, 0.1) is 30.3 Å². The van der Waals surface area contributed by atoms with Crippen LogP contribution in [0.5, 0.6) is 11.5 Å². The van der Waals surface area contributed by atoms with Gasteiger partial charge in [0.1, 0.15) is 13.2 Å². The molecule has 2 aliphatic heterocycles. The third kappa shape index (κ3) is 6.29. The fraction of sp³-hybridized carbons (Fsp3) is 0.292. The quantitative estimate of drug-likeness (QED) is 0.332. The summed E-state index contributed by atoms with van der Waals surface area (Å²) in [5.74, 6) is -0.0167. The van der Waals surface area contributed by atoms with Gasteiger partial charge in [-0.1, -0.05) is 23.7 Å². The van der Waals surface area contributed by atoms with Gasteiger partial charge >= 0.3 is 0 Å². The molecule has 0 saturated carbocycles. The zero-order chi connectivity index (χ0) is 24.9. The van der Waals surface area contributed by atoms with Crippen molar-refractivity contribution in [3.05, 3.63) is 61.0 Å². The van der Waals surface area contributed by atoms with Gasteiger partial charge in [-0.15, -0.1) is 0 Å². The molecule has 3 amide bonds. The third-order valence-corrected chi connectivity index (χ3v) is 7.28. The second kappa shape index (κ2) is 11.6. The number of rotatable bonds is 7. The molecule has 2 heterocycles. The SMILES string of the molecule is COc1cc(/C=C2/SC(=O)N(CC(=O)N3CCOCC3)C2=O)cc(Cl)c1OCc1ccc(I)cc1. The molecular formula is C24H22ClIN2O6S. The molecule has 184 valence electrons. The lowest BCUT2D eigenvalue weighted by atomic mass is 10.1. The Kier molecular flexibility index (Phi) is 8.58. The van der Waals surface area contributed by atoms with Crippen LogP contribution in [0.15, 0.2) is 41.3 Å². The number of carbonyl (C=O) groups is 3. The average molecular weight is 629 g/mol. The van der Waals surface area contributed by atoms with Crippen LogP contribution < -0.4 is 9.47 Å². The van der Waals surface area contributed by atoms with Crippen molar-refractivity contribution in [2.45, 2.75) is 6.61 Å². The predicted molar refractivity (Wildman–Crippen MR) is 142 cm³/mol. The minimum absolute atomic E-state index is 0.204. The Morgan fingerprint density at radius 3 is 2.60 bits per heavy atom. The number of hydrogen-bond acceptors (Lipinski definition) is 7. The van der Waals surface area contributed by atoms with Crippen LogP contribution in [0.3, 0.4) is 0 Å². The van der Waals surface area contributed by atoms with Crippen LogP contribution in [0.4, 0.5) is 4.79 Å². The number of imide groups is 1.